The van der Waals surface area contributed by atoms with E-state index in [0.717, 1.165) is 6.42 Å². The van der Waals surface area contributed by atoms with E-state index in [0.29, 0.717) is 12.8 Å². The van der Waals surface area contributed by atoms with Crippen LogP contribution in [-0.4, -0.2) is 42.3 Å². The van der Waals surface area contributed by atoms with Crippen LogP contribution in [0.3, 0.4) is 0 Å². The van der Waals surface area contributed by atoms with Crippen molar-refractivity contribution in [1.82, 2.24) is 0 Å². The highest BCUT2D eigenvalue weighted by molar-refractivity contribution is 5.60. The summed E-state index contributed by atoms with van der Waals surface area (Å²) in [7, 11) is 1.27. The van der Waals surface area contributed by atoms with Crippen molar-refractivity contribution in [1.29, 1.82) is 0 Å². The molecular formula is C14H24O5. The molecule has 0 aromatic rings. The van der Waals surface area contributed by atoms with Crippen molar-refractivity contribution in [3.05, 3.63) is 12.2 Å². The van der Waals surface area contributed by atoms with Crippen molar-refractivity contribution < 1.29 is 24.1 Å². The number of methoxy groups -OCH3 is 1. The maximum Gasteiger partial charge on any atom is 0.508 e. The summed E-state index contributed by atoms with van der Waals surface area (Å²) in [6, 6.07) is 0. The molecule has 1 aliphatic rings. The van der Waals surface area contributed by atoms with Gasteiger partial charge in [-0.15, -0.1) is 0 Å². The van der Waals surface area contributed by atoms with Gasteiger partial charge < -0.3 is 19.3 Å². The Labute approximate surface area is 114 Å². The van der Waals surface area contributed by atoms with Gasteiger partial charge in [-0.2, -0.15) is 0 Å². The lowest BCUT2D eigenvalue weighted by Crippen LogP contribution is -2.33. The molecule has 0 saturated heterocycles. The highest BCUT2D eigenvalue weighted by Gasteiger charge is 2.25. The molecule has 0 aliphatic heterocycles. The third-order valence-electron chi connectivity index (χ3n) is 2.76. The van der Waals surface area contributed by atoms with E-state index in [-0.39, 0.29) is 11.7 Å². The van der Waals surface area contributed by atoms with Gasteiger partial charge in [-0.3, -0.25) is 0 Å². The lowest BCUT2D eigenvalue weighted by molar-refractivity contribution is -0.0827. The molecule has 0 saturated carbocycles. The summed E-state index contributed by atoms with van der Waals surface area (Å²) in [4.78, 5) is 11.2. The third kappa shape index (κ3) is 6.59. The Morgan fingerprint density at radius 2 is 1.95 bits per heavy atom. The molecule has 1 N–H and O–H groups in total. The zero-order chi connectivity index (χ0) is 14.5. The minimum Gasteiger partial charge on any atom is -0.438 e. The van der Waals surface area contributed by atoms with Gasteiger partial charge in [0.15, 0.2) is 0 Å². The normalized spacial score (nSPS) is 30.1. The van der Waals surface area contributed by atoms with E-state index >= 15 is 0 Å². The zero-order valence-electron chi connectivity index (χ0n) is 12.1. The van der Waals surface area contributed by atoms with Crippen LogP contribution in [-0.2, 0) is 14.2 Å². The lowest BCUT2D eigenvalue weighted by Gasteiger charge is -2.30. The number of rotatable bonds is 2. The van der Waals surface area contributed by atoms with Crippen LogP contribution in [0.4, 0.5) is 4.79 Å². The molecule has 0 amide bonds. The van der Waals surface area contributed by atoms with Crippen LogP contribution in [0.25, 0.3) is 0 Å². The Balaban J connectivity index is 2.69. The van der Waals surface area contributed by atoms with Crippen molar-refractivity contribution in [2.75, 3.05) is 7.11 Å². The standard InChI is InChI=1S/C14H24O5/c1-14(2,3)19-12-8-6-10(15)5-7-11(9-12)18-13(16)17-4/h5,7,10-12,15H,6,8-9H2,1-4H3/b7-5+. The van der Waals surface area contributed by atoms with Gasteiger partial charge in [0.05, 0.1) is 24.9 Å². The zero-order valence-corrected chi connectivity index (χ0v) is 12.1. The van der Waals surface area contributed by atoms with Crippen LogP contribution < -0.4 is 0 Å². The van der Waals surface area contributed by atoms with Gasteiger partial charge in [0.2, 0.25) is 0 Å². The molecule has 0 heterocycles. The quantitative estimate of drug-likeness (QED) is 0.618. The lowest BCUT2D eigenvalue weighted by atomic mass is 9.99. The van der Waals surface area contributed by atoms with Crippen LogP contribution in [0.15, 0.2) is 12.2 Å². The minimum absolute atomic E-state index is 0.0609. The van der Waals surface area contributed by atoms with Crippen molar-refractivity contribution in [3.8, 4) is 0 Å². The van der Waals surface area contributed by atoms with E-state index in [1.54, 1.807) is 12.2 Å². The molecular weight excluding hydrogens is 248 g/mol. The van der Waals surface area contributed by atoms with Crippen LogP contribution in [0.1, 0.15) is 40.0 Å². The van der Waals surface area contributed by atoms with Gasteiger partial charge in [0, 0.05) is 6.42 Å². The second-order valence-corrected chi connectivity index (χ2v) is 5.73. The molecule has 110 valence electrons. The molecule has 0 spiro atoms. The van der Waals surface area contributed by atoms with Gasteiger partial charge >= 0.3 is 6.16 Å². The van der Waals surface area contributed by atoms with Crippen LogP contribution >= 0.6 is 0 Å². The SMILES string of the molecule is COC(=O)OC1/C=C/C(O)CCC(OC(C)(C)C)C1. The predicted molar refractivity (Wildman–Crippen MR) is 70.9 cm³/mol. The van der Waals surface area contributed by atoms with Crippen LogP contribution in [0.5, 0.6) is 0 Å². The molecule has 0 bridgehead atoms. The molecule has 3 atom stereocenters. The smallest absolute Gasteiger partial charge is 0.438 e. The Morgan fingerprint density at radius 1 is 1.26 bits per heavy atom. The fourth-order valence-corrected chi connectivity index (χ4v) is 2.03. The van der Waals surface area contributed by atoms with E-state index in [9.17, 15) is 9.90 Å². The number of hydrogen-bond acceptors (Lipinski definition) is 5. The second-order valence-electron chi connectivity index (χ2n) is 5.73. The molecule has 5 nitrogen and oxygen atoms in total. The van der Waals surface area contributed by atoms with Crippen molar-refractivity contribution in [2.45, 2.75) is 63.9 Å². The first-order valence-electron chi connectivity index (χ1n) is 6.59. The van der Waals surface area contributed by atoms with Crippen molar-refractivity contribution in [3.63, 3.8) is 0 Å². The first-order chi connectivity index (χ1) is 8.80. The van der Waals surface area contributed by atoms with Crippen LogP contribution in [0, 0.1) is 0 Å². The van der Waals surface area contributed by atoms with E-state index in [1.165, 1.54) is 7.11 Å². The largest absolute Gasteiger partial charge is 0.508 e. The fraction of sp³-hybridized carbons (Fsp3) is 0.786. The van der Waals surface area contributed by atoms with E-state index in [4.69, 9.17) is 9.47 Å². The highest BCUT2D eigenvalue weighted by atomic mass is 16.7. The summed E-state index contributed by atoms with van der Waals surface area (Å²) >= 11 is 0. The molecule has 0 aromatic carbocycles. The summed E-state index contributed by atoms with van der Waals surface area (Å²) in [5, 5.41) is 9.73. The molecule has 1 aliphatic carbocycles. The molecule has 0 radical (unpaired) electrons. The monoisotopic (exact) mass is 272 g/mol. The molecule has 1 rings (SSSR count). The summed E-state index contributed by atoms with van der Waals surface area (Å²) in [5.74, 6) is 0. The van der Waals surface area contributed by atoms with E-state index < -0.39 is 18.4 Å². The van der Waals surface area contributed by atoms with E-state index in [2.05, 4.69) is 4.74 Å². The third-order valence-corrected chi connectivity index (χ3v) is 2.76. The predicted octanol–water partition coefficient (Wildman–Crippen LogP) is 2.42. The maximum absolute atomic E-state index is 11.2. The second kappa shape index (κ2) is 6.91. The Hall–Kier alpha value is -1.07. The first-order valence-corrected chi connectivity index (χ1v) is 6.59. The fourth-order valence-electron chi connectivity index (χ4n) is 2.03. The van der Waals surface area contributed by atoms with Gasteiger partial charge in [-0.25, -0.2) is 4.79 Å². The average Bonchev–Trinajstić information content (AvgIpc) is 2.29. The van der Waals surface area contributed by atoms with Gasteiger partial charge in [-0.1, -0.05) is 6.08 Å². The number of aliphatic hydroxyl groups excluding tert-OH is 1. The summed E-state index contributed by atoms with van der Waals surface area (Å²) < 4.78 is 15.6. The molecule has 0 aromatic heterocycles. The van der Waals surface area contributed by atoms with Gasteiger partial charge in [0.25, 0.3) is 0 Å². The summed E-state index contributed by atoms with van der Waals surface area (Å²) in [6.45, 7) is 5.94. The number of aliphatic hydroxyl groups is 1. The highest BCUT2D eigenvalue weighted by Crippen LogP contribution is 2.23. The molecule has 19 heavy (non-hydrogen) atoms. The molecule has 3 unspecified atom stereocenters. The summed E-state index contributed by atoms with van der Waals surface area (Å²) in [6.07, 6.45) is 3.53. The Bertz CT molecular complexity index is 318. The van der Waals surface area contributed by atoms with E-state index in [1.807, 2.05) is 20.8 Å². The molecule has 5 heteroatoms. The Morgan fingerprint density at radius 3 is 2.53 bits per heavy atom. The van der Waals surface area contributed by atoms with Gasteiger partial charge in [-0.05, 0) is 39.7 Å². The topological polar surface area (TPSA) is 65.0 Å². The number of carbonyl (C=O) groups is 1. The van der Waals surface area contributed by atoms with Crippen molar-refractivity contribution in [2.24, 2.45) is 0 Å². The average molecular weight is 272 g/mol. The minimum atomic E-state index is -0.723. The van der Waals surface area contributed by atoms with Crippen LogP contribution in [0.2, 0.25) is 0 Å². The number of carbonyl (C=O) groups excluding carboxylic acids is 1. The summed E-state index contributed by atoms with van der Waals surface area (Å²) in [5.41, 5.74) is -0.269. The Kier molecular flexibility index (Phi) is 5.82. The maximum atomic E-state index is 11.2. The first kappa shape index (κ1) is 16.0. The number of ether oxygens (including phenoxy) is 3. The molecule has 0 fully saturated rings. The van der Waals surface area contributed by atoms with Crippen molar-refractivity contribution >= 4 is 6.16 Å². The number of hydrogen-bond donors (Lipinski definition) is 1. The van der Waals surface area contributed by atoms with Gasteiger partial charge in [0.1, 0.15) is 6.10 Å².